The van der Waals surface area contributed by atoms with E-state index in [1.165, 1.54) is 77.9 Å². The van der Waals surface area contributed by atoms with E-state index in [0.29, 0.717) is 5.92 Å². The number of rotatable bonds is 4. The molecule has 1 atom stereocenters. The van der Waals surface area contributed by atoms with Crippen molar-refractivity contribution in [3.8, 4) is 11.1 Å². The van der Waals surface area contributed by atoms with Gasteiger partial charge in [0.25, 0.3) is 0 Å². The van der Waals surface area contributed by atoms with Crippen molar-refractivity contribution in [1.29, 1.82) is 0 Å². The van der Waals surface area contributed by atoms with Crippen LogP contribution in [0.15, 0.2) is 103 Å². The first-order valence-corrected chi connectivity index (χ1v) is 24.1. The summed E-state index contributed by atoms with van der Waals surface area (Å²) in [5, 5.41) is 1.54. The molecule has 4 aromatic carbocycles. The van der Waals surface area contributed by atoms with Crippen LogP contribution in [-0.4, -0.2) is 7.42 Å². The molecule has 0 radical (unpaired) electrons. The summed E-state index contributed by atoms with van der Waals surface area (Å²) in [6.07, 6.45) is 5.93. The van der Waals surface area contributed by atoms with E-state index >= 15 is 0 Å². The molecule has 4 aromatic rings. The fourth-order valence-electron chi connectivity index (χ4n) is 10.2. The Bertz CT molecular complexity index is 2360. The van der Waals surface area contributed by atoms with Crippen LogP contribution in [0.3, 0.4) is 0 Å². The van der Waals surface area contributed by atoms with E-state index in [9.17, 15) is 0 Å². The molecule has 1 unspecified atom stereocenters. The fourth-order valence-corrected chi connectivity index (χ4v) is 25.1. The van der Waals surface area contributed by atoms with Gasteiger partial charge in [0.15, 0.2) is 0 Å². The first kappa shape index (κ1) is 39.3. The molecule has 0 heterocycles. The summed E-state index contributed by atoms with van der Waals surface area (Å²) in [6, 6.07) is 27.2. The molecule has 52 heavy (non-hydrogen) atoms. The average Bonchev–Trinajstić information content (AvgIpc) is 3.68. The normalized spacial score (nSPS) is 18.6. The minimum absolute atomic E-state index is 0. The first-order valence-electron chi connectivity index (χ1n) is 18.0. The molecule has 8 rings (SSSR count). The Morgan fingerprint density at radius 3 is 1.63 bits per heavy atom. The predicted molar refractivity (Wildman–Crippen MR) is 230 cm³/mol. The van der Waals surface area contributed by atoms with Gasteiger partial charge in [0.1, 0.15) is 0 Å². The van der Waals surface area contributed by atoms with Gasteiger partial charge < -0.3 is 0 Å². The van der Waals surface area contributed by atoms with Gasteiger partial charge in [-0.05, 0) is 0 Å². The largest absolute Gasteiger partial charge is 0.147 e. The summed E-state index contributed by atoms with van der Waals surface area (Å²) in [7, 11) is 0. The third kappa shape index (κ3) is 6.07. The van der Waals surface area contributed by atoms with E-state index < -0.39 is 19.3 Å². The molecule has 0 aliphatic heterocycles. The molecule has 0 bridgehead atoms. The minimum Gasteiger partial charge on any atom is -0.147 e. The number of halogens is 4. The van der Waals surface area contributed by atoms with Crippen molar-refractivity contribution in [1.82, 2.24) is 0 Å². The molecule has 0 amide bonds. The van der Waals surface area contributed by atoms with Crippen molar-refractivity contribution in [2.24, 2.45) is 5.92 Å². The van der Waals surface area contributed by atoms with Gasteiger partial charge in [-0.15, -0.1) is 24.8 Å². The number of fused-ring (bicyclic) bond motifs is 5. The van der Waals surface area contributed by atoms with E-state index in [-0.39, 0.29) is 35.6 Å². The predicted octanol–water partition coefficient (Wildman–Crippen LogP) is 13.8. The topological polar surface area (TPSA) is 0 Å². The molecule has 268 valence electrons. The Hall–Kier alpha value is -2.38. The van der Waals surface area contributed by atoms with Crippen LogP contribution in [0.25, 0.3) is 22.3 Å². The smallest absolute Gasteiger partial charge is 0.147 e. The number of benzene rings is 4. The van der Waals surface area contributed by atoms with Gasteiger partial charge in [0.05, 0.1) is 0 Å². The zero-order valence-electron chi connectivity index (χ0n) is 31.6. The fraction of sp³-hybridized carbons (Fsp3) is 0.277. The van der Waals surface area contributed by atoms with Crippen molar-refractivity contribution >= 4 is 66.6 Å². The SMILES string of the molecule is CC1=CC(C)[C]([Zr](=[CH]c2ccc(Cl)cc2)(=[CH]c2ccc(Cl)cc2)[C]2=C(C)c3cc4c(cc3C2(C)C)Cc2cc3c(cc2-4)C(C)=CC3(C)C)=C1C.Cl.Cl. The summed E-state index contributed by atoms with van der Waals surface area (Å²) in [4.78, 5) is 0. The molecular weight excluding hydrogens is 798 g/mol. The van der Waals surface area contributed by atoms with Crippen LogP contribution in [-0.2, 0) is 36.5 Å². The van der Waals surface area contributed by atoms with E-state index in [1.54, 1.807) is 6.56 Å². The van der Waals surface area contributed by atoms with Gasteiger partial charge in [0.2, 0.25) is 0 Å². The molecule has 0 spiro atoms. The Balaban J connectivity index is 0.00000232. The standard InChI is InChI=1S/C25H25.C8H11.2C7H5Cl.2ClH.Zr/c1-14-12-24(3,4)22-8-16-7-17-9-23-19(15(2)13-25(23,5)6)11-21(17)20(16)10-18(14)22;1-6-4-7(2)8(3)5-6;2*1-6-2-4-7(8)5-3-6;;;/h8-12H,7H2,1-6H3;4,6H,1-3H3;2*1-5H;2*1H;. The summed E-state index contributed by atoms with van der Waals surface area (Å²) in [5.41, 5.74) is 19.7. The van der Waals surface area contributed by atoms with Crippen LogP contribution in [0, 0.1) is 5.92 Å². The zero-order valence-corrected chi connectivity index (χ0v) is 37.2. The van der Waals surface area contributed by atoms with Crippen LogP contribution in [0.5, 0.6) is 0 Å². The molecule has 4 aliphatic carbocycles. The number of allylic oxidation sites excluding steroid dienone is 8. The van der Waals surface area contributed by atoms with E-state index in [4.69, 9.17) is 23.2 Å². The van der Waals surface area contributed by atoms with Gasteiger partial charge in [-0.1, -0.05) is 0 Å². The quantitative estimate of drug-likeness (QED) is 0.169. The van der Waals surface area contributed by atoms with Crippen LogP contribution in [0.4, 0.5) is 0 Å². The van der Waals surface area contributed by atoms with Gasteiger partial charge >= 0.3 is 315 Å². The van der Waals surface area contributed by atoms with Crippen molar-refractivity contribution in [2.45, 2.75) is 79.6 Å². The minimum atomic E-state index is -3.94. The second-order valence-electron chi connectivity index (χ2n) is 16.4. The summed E-state index contributed by atoms with van der Waals surface area (Å²) in [5.74, 6) is 0.359. The molecule has 0 N–H and O–H groups in total. The summed E-state index contributed by atoms with van der Waals surface area (Å²) in [6.45, 7) is 21.5. The Labute approximate surface area is 336 Å². The van der Waals surface area contributed by atoms with Crippen molar-refractivity contribution in [3.63, 3.8) is 0 Å². The Morgan fingerprint density at radius 1 is 0.635 bits per heavy atom. The number of hydrogen-bond acceptors (Lipinski definition) is 0. The van der Waals surface area contributed by atoms with Crippen LogP contribution in [0.1, 0.15) is 107 Å². The monoisotopic (exact) mass is 842 g/mol. The number of hydrogen-bond donors (Lipinski definition) is 0. The average molecular weight is 846 g/mol. The summed E-state index contributed by atoms with van der Waals surface area (Å²) < 4.78 is 8.73. The van der Waals surface area contributed by atoms with Gasteiger partial charge in [-0.3, -0.25) is 0 Å². The molecule has 0 saturated carbocycles. The molecule has 5 heteroatoms. The summed E-state index contributed by atoms with van der Waals surface area (Å²) >= 11 is 8.99. The van der Waals surface area contributed by atoms with E-state index in [2.05, 4.69) is 130 Å². The zero-order chi connectivity index (χ0) is 35.5. The molecule has 0 nitrogen and oxygen atoms in total. The van der Waals surface area contributed by atoms with E-state index in [0.717, 1.165) is 16.5 Å². The molecule has 0 fully saturated rings. The molecule has 4 aliphatic rings. The maximum absolute atomic E-state index is 6.47. The van der Waals surface area contributed by atoms with Crippen LogP contribution in [0.2, 0.25) is 10.0 Å². The van der Waals surface area contributed by atoms with Crippen LogP contribution >= 0.6 is 48.0 Å². The molecular formula is C47H48Cl4Zr. The third-order valence-electron chi connectivity index (χ3n) is 12.3. The van der Waals surface area contributed by atoms with Crippen molar-refractivity contribution in [3.05, 3.63) is 157 Å². The van der Waals surface area contributed by atoms with Gasteiger partial charge in [-0.25, -0.2) is 0 Å². The second kappa shape index (κ2) is 13.7. The molecule has 0 saturated heterocycles. The Morgan fingerprint density at radius 2 is 1.13 bits per heavy atom. The van der Waals surface area contributed by atoms with Gasteiger partial charge in [0, 0.05) is 0 Å². The van der Waals surface area contributed by atoms with Crippen molar-refractivity contribution < 1.29 is 19.3 Å². The van der Waals surface area contributed by atoms with E-state index in [1.807, 2.05) is 24.3 Å². The maximum Gasteiger partial charge on any atom is -0.147 e. The Kier molecular flexibility index (Phi) is 10.4. The van der Waals surface area contributed by atoms with Crippen molar-refractivity contribution in [2.75, 3.05) is 0 Å². The molecule has 0 aromatic heterocycles. The maximum atomic E-state index is 6.47. The second-order valence-corrected chi connectivity index (χ2v) is 25.5. The third-order valence-corrected chi connectivity index (χ3v) is 25.4. The van der Waals surface area contributed by atoms with Gasteiger partial charge in [-0.2, -0.15) is 0 Å². The van der Waals surface area contributed by atoms with Crippen LogP contribution < -0.4 is 0 Å². The first-order chi connectivity index (χ1) is 23.6.